The molecule has 0 atom stereocenters. The normalized spacial score (nSPS) is 14.9. The predicted molar refractivity (Wildman–Crippen MR) is 78.1 cm³/mol. The monoisotopic (exact) mass is 258 g/mol. The quantitative estimate of drug-likeness (QED) is 0.791. The summed E-state index contributed by atoms with van der Waals surface area (Å²) in [6.07, 6.45) is 4.70. The van der Waals surface area contributed by atoms with Crippen LogP contribution in [0.4, 0.5) is 0 Å². The molecular weight excluding hydrogens is 236 g/mol. The molecule has 3 nitrogen and oxygen atoms in total. The van der Waals surface area contributed by atoms with Gasteiger partial charge in [-0.3, -0.25) is 4.79 Å². The predicted octanol–water partition coefficient (Wildman–Crippen LogP) is 1.83. The van der Waals surface area contributed by atoms with Gasteiger partial charge < -0.3 is 10.6 Å². The van der Waals surface area contributed by atoms with Gasteiger partial charge in [-0.15, -0.1) is 0 Å². The van der Waals surface area contributed by atoms with Gasteiger partial charge in [-0.2, -0.15) is 0 Å². The van der Waals surface area contributed by atoms with Crippen LogP contribution in [0.1, 0.15) is 24.5 Å². The van der Waals surface area contributed by atoms with E-state index in [-0.39, 0.29) is 5.91 Å². The van der Waals surface area contributed by atoms with E-state index in [9.17, 15) is 4.79 Å². The highest BCUT2D eigenvalue weighted by molar-refractivity contribution is 5.78. The van der Waals surface area contributed by atoms with Crippen LogP contribution >= 0.6 is 0 Å². The van der Waals surface area contributed by atoms with Crippen LogP contribution in [0.3, 0.4) is 0 Å². The molecule has 1 aliphatic rings. The molecule has 0 saturated heterocycles. The summed E-state index contributed by atoms with van der Waals surface area (Å²) in [6.45, 7) is 4.76. The highest BCUT2D eigenvalue weighted by Gasteiger charge is 2.06. The first kappa shape index (κ1) is 13.8. The Balaban J connectivity index is 1.78. The van der Waals surface area contributed by atoms with Crippen molar-refractivity contribution < 1.29 is 4.79 Å². The van der Waals surface area contributed by atoms with Gasteiger partial charge >= 0.3 is 0 Å². The van der Waals surface area contributed by atoms with Gasteiger partial charge in [0.2, 0.25) is 5.91 Å². The van der Waals surface area contributed by atoms with Crippen molar-refractivity contribution in [2.45, 2.75) is 26.2 Å². The fourth-order valence-electron chi connectivity index (χ4n) is 2.18. The molecule has 0 spiro atoms. The molecule has 1 amide bonds. The van der Waals surface area contributed by atoms with Crippen molar-refractivity contribution >= 4 is 5.91 Å². The Morgan fingerprint density at radius 3 is 2.63 bits per heavy atom. The first-order valence-electron chi connectivity index (χ1n) is 7.01. The zero-order valence-electron chi connectivity index (χ0n) is 11.5. The first-order valence-corrected chi connectivity index (χ1v) is 7.01. The molecule has 19 heavy (non-hydrogen) atoms. The Morgan fingerprint density at radius 2 is 2.00 bits per heavy atom. The van der Waals surface area contributed by atoms with Gasteiger partial charge in [-0.05, 0) is 30.5 Å². The average molecular weight is 258 g/mol. The molecule has 2 rings (SSSR count). The number of carbonyl (C=O) groups is 1. The number of hydrogen-bond donors (Lipinski definition) is 2. The van der Waals surface area contributed by atoms with Crippen LogP contribution in [0.25, 0.3) is 0 Å². The summed E-state index contributed by atoms with van der Waals surface area (Å²) in [7, 11) is 0. The van der Waals surface area contributed by atoms with Crippen molar-refractivity contribution in [2.75, 3.05) is 19.6 Å². The maximum Gasteiger partial charge on any atom is 0.224 e. The number of nitrogens with one attached hydrogen (secondary N) is 2. The number of carbonyl (C=O) groups excluding carboxylic acids is 1. The van der Waals surface area contributed by atoms with Crippen LogP contribution in [0.15, 0.2) is 35.9 Å². The van der Waals surface area contributed by atoms with Gasteiger partial charge in [0.15, 0.2) is 0 Å². The second-order valence-electron chi connectivity index (χ2n) is 4.94. The van der Waals surface area contributed by atoms with Gasteiger partial charge in [0.05, 0.1) is 6.42 Å². The van der Waals surface area contributed by atoms with E-state index in [0.717, 1.165) is 31.5 Å². The lowest BCUT2D eigenvalue weighted by atomic mass is 10.1. The Labute approximate surface area is 115 Å². The molecule has 0 aromatic heterocycles. The molecule has 1 heterocycles. The Bertz CT molecular complexity index is 448. The highest BCUT2D eigenvalue weighted by Crippen LogP contribution is 2.06. The summed E-state index contributed by atoms with van der Waals surface area (Å²) in [5.41, 5.74) is 3.71. The van der Waals surface area contributed by atoms with Crippen LogP contribution in [-0.4, -0.2) is 25.5 Å². The second kappa shape index (κ2) is 7.10. The van der Waals surface area contributed by atoms with Crippen LogP contribution in [0.2, 0.25) is 0 Å². The number of amides is 1. The molecular formula is C16H22N2O. The zero-order chi connectivity index (χ0) is 13.5. The van der Waals surface area contributed by atoms with E-state index in [4.69, 9.17) is 0 Å². The molecule has 2 N–H and O–H groups in total. The van der Waals surface area contributed by atoms with E-state index in [1.807, 2.05) is 12.1 Å². The number of hydrogen-bond acceptors (Lipinski definition) is 2. The van der Waals surface area contributed by atoms with Gasteiger partial charge in [0.1, 0.15) is 0 Å². The van der Waals surface area contributed by atoms with E-state index < -0.39 is 0 Å². The molecule has 0 radical (unpaired) electrons. The van der Waals surface area contributed by atoms with Crippen molar-refractivity contribution in [1.29, 1.82) is 0 Å². The van der Waals surface area contributed by atoms with Crippen LogP contribution < -0.4 is 10.6 Å². The van der Waals surface area contributed by atoms with Gasteiger partial charge in [0, 0.05) is 13.1 Å². The smallest absolute Gasteiger partial charge is 0.224 e. The minimum Gasteiger partial charge on any atom is -0.352 e. The molecule has 0 aliphatic carbocycles. The maximum absolute atomic E-state index is 11.9. The van der Waals surface area contributed by atoms with Crippen LogP contribution in [0.5, 0.6) is 0 Å². The maximum atomic E-state index is 11.9. The van der Waals surface area contributed by atoms with E-state index in [1.54, 1.807) is 0 Å². The third kappa shape index (κ3) is 4.52. The van der Waals surface area contributed by atoms with Crippen molar-refractivity contribution in [2.24, 2.45) is 0 Å². The minimum absolute atomic E-state index is 0.101. The Kier molecular flexibility index (Phi) is 5.16. The topological polar surface area (TPSA) is 41.1 Å². The van der Waals surface area contributed by atoms with E-state index in [0.29, 0.717) is 13.0 Å². The molecule has 0 saturated carbocycles. The van der Waals surface area contributed by atoms with Gasteiger partial charge in [0.25, 0.3) is 0 Å². The molecule has 1 aliphatic heterocycles. The summed E-state index contributed by atoms with van der Waals surface area (Å²) in [6, 6.07) is 8.28. The Hall–Kier alpha value is -1.61. The highest BCUT2D eigenvalue weighted by atomic mass is 16.1. The van der Waals surface area contributed by atoms with Crippen molar-refractivity contribution in [1.82, 2.24) is 10.6 Å². The molecule has 102 valence electrons. The standard InChI is InChI=1S/C16H22N2O/c1-2-13-3-5-14(6-4-13)11-16(19)18-12-15-7-9-17-10-8-15/h3-7,17H,2,8-12H2,1H3,(H,18,19). The third-order valence-electron chi connectivity index (χ3n) is 3.47. The van der Waals surface area contributed by atoms with Crippen LogP contribution in [0, 0.1) is 0 Å². The lowest BCUT2D eigenvalue weighted by Crippen LogP contribution is -2.30. The minimum atomic E-state index is 0.101. The van der Waals surface area contributed by atoms with E-state index >= 15 is 0 Å². The molecule has 0 bridgehead atoms. The summed E-state index contributed by atoms with van der Waals surface area (Å²) < 4.78 is 0. The summed E-state index contributed by atoms with van der Waals surface area (Å²) >= 11 is 0. The largest absolute Gasteiger partial charge is 0.352 e. The van der Waals surface area contributed by atoms with Crippen molar-refractivity contribution in [3.63, 3.8) is 0 Å². The molecule has 1 aromatic carbocycles. The zero-order valence-corrected chi connectivity index (χ0v) is 11.5. The molecule has 1 aromatic rings. The second-order valence-corrected chi connectivity index (χ2v) is 4.94. The van der Waals surface area contributed by atoms with Crippen LogP contribution in [-0.2, 0) is 17.6 Å². The fraction of sp³-hybridized carbons (Fsp3) is 0.438. The van der Waals surface area contributed by atoms with Crippen molar-refractivity contribution in [3.05, 3.63) is 47.0 Å². The van der Waals surface area contributed by atoms with Gasteiger partial charge in [-0.25, -0.2) is 0 Å². The third-order valence-corrected chi connectivity index (χ3v) is 3.47. The van der Waals surface area contributed by atoms with Crippen molar-refractivity contribution in [3.8, 4) is 0 Å². The number of rotatable bonds is 5. The average Bonchev–Trinajstić information content (AvgIpc) is 2.47. The van der Waals surface area contributed by atoms with E-state index in [1.165, 1.54) is 11.1 Å². The molecule has 0 fully saturated rings. The summed E-state index contributed by atoms with van der Waals surface area (Å²) in [4.78, 5) is 11.9. The first-order chi connectivity index (χ1) is 9.28. The Morgan fingerprint density at radius 1 is 1.26 bits per heavy atom. The molecule has 0 unspecified atom stereocenters. The number of aryl methyl sites for hydroxylation is 1. The lowest BCUT2D eigenvalue weighted by molar-refractivity contribution is -0.120. The lowest BCUT2D eigenvalue weighted by Gasteiger charge is -2.14. The fourth-order valence-corrected chi connectivity index (χ4v) is 2.18. The molecule has 3 heteroatoms. The van der Waals surface area contributed by atoms with Gasteiger partial charge in [-0.1, -0.05) is 42.8 Å². The summed E-state index contributed by atoms with van der Waals surface area (Å²) in [5, 5.41) is 6.26. The SMILES string of the molecule is CCc1ccc(CC(=O)NCC2=CCNCC2)cc1. The number of benzene rings is 1. The summed E-state index contributed by atoms with van der Waals surface area (Å²) in [5.74, 6) is 0.101. The van der Waals surface area contributed by atoms with E-state index in [2.05, 4.69) is 35.8 Å².